The number of para-hydroxylation sites is 1. The molecule has 0 bridgehead atoms. The molecule has 0 radical (unpaired) electrons. The molecule has 2 atom stereocenters. The second-order valence-corrected chi connectivity index (χ2v) is 6.45. The number of carbonyl (C=O) groups is 2. The molecule has 0 aliphatic carbocycles. The summed E-state index contributed by atoms with van der Waals surface area (Å²) in [5.74, 6) is -0.551. The minimum atomic E-state index is -0.804. The fourth-order valence-corrected chi connectivity index (χ4v) is 3.07. The second-order valence-electron chi connectivity index (χ2n) is 6.45. The molecule has 1 aromatic heterocycles. The highest BCUT2D eigenvalue weighted by molar-refractivity contribution is 5.96. The first-order valence-corrected chi connectivity index (χ1v) is 7.84. The molecule has 23 heavy (non-hydrogen) atoms. The third-order valence-corrected chi connectivity index (χ3v) is 4.23. The molecule has 0 saturated carbocycles. The number of piperazine rings is 1. The molecule has 6 heteroatoms. The standard InChI is InChI=1S/C17H21N3O3/c1-10(2)7-15-16(21)19-14(17(22)20(15)23)8-11-9-18-13-6-4-3-5-12(11)13/h3-6,9-10,14-15,18,23H,7-8H2,1-2H3,(H,19,21)/t14-,15+/m0/s1. The van der Waals surface area contributed by atoms with Gasteiger partial charge < -0.3 is 10.3 Å². The van der Waals surface area contributed by atoms with E-state index in [-0.39, 0.29) is 11.8 Å². The van der Waals surface area contributed by atoms with Crippen LogP contribution in [-0.4, -0.2) is 39.2 Å². The lowest BCUT2D eigenvalue weighted by Crippen LogP contribution is -2.63. The van der Waals surface area contributed by atoms with Crippen molar-refractivity contribution in [3.05, 3.63) is 36.0 Å². The molecule has 0 spiro atoms. The molecule has 2 amide bonds. The molecule has 6 nitrogen and oxygen atoms in total. The molecule has 1 aliphatic heterocycles. The zero-order valence-corrected chi connectivity index (χ0v) is 13.2. The van der Waals surface area contributed by atoms with Crippen molar-refractivity contribution >= 4 is 22.7 Å². The normalized spacial score (nSPS) is 22.0. The third-order valence-electron chi connectivity index (χ3n) is 4.23. The van der Waals surface area contributed by atoms with Gasteiger partial charge in [-0.05, 0) is 24.0 Å². The number of carbonyl (C=O) groups excluding carboxylic acids is 2. The third kappa shape index (κ3) is 2.94. The van der Waals surface area contributed by atoms with Gasteiger partial charge in [-0.25, -0.2) is 5.06 Å². The van der Waals surface area contributed by atoms with Crippen molar-refractivity contribution < 1.29 is 14.8 Å². The van der Waals surface area contributed by atoms with Crippen LogP contribution in [0.15, 0.2) is 30.5 Å². The van der Waals surface area contributed by atoms with Crippen LogP contribution >= 0.6 is 0 Å². The van der Waals surface area contributed by atoms with E-state index in [0.717, 1.165) is 16.5 Å². The molecule has 2 aromatic rings. The van der Waals surface area contributed by atoms with Crippen molar-refractivity contribution in [2.45, 2.75) is 38.8 Å². The molecule has 1 aliphatic rings. The van der Waals surface area contributed by atoms with E-state index in [4.69, 9.17) is 0 Å². The van der Waals surface area contributed by atoms with Crippen LogP contribution < -0.4 is 5.32 Å². The summed E-state index contributed by atoms with van der Waals surface area (Å²) in [7, 11) is 0. The van der Waals surface area contributed by atoms with Gasteiger partial charge in [0.2, 0.25) is 5.91 Å². The van der Waals surface area contributed by atoms with E-state index in [1.165, 1.54) is 0 Å². The van der Waals surface area contributed by atoms with E-state index in [2.05, 4.69) is 10.3 Å². The predicted octanol–water partition coefficient (Wildman–Crippen LogP) is 1.84. The van der Waals surface area contributed by atoms with Gasteiger partial charge in [-0.2, -0.15) is 0 Å². The number of aromatic amines is 1. The first-order chi connectivity index (χ1) is 11.0. The van der Waals surface area contributed by atoms with E-state index < -0.39 is 18.0 Å². The molecule has 1 aromatic carbocycles. The van der Waals surface area contributed by atoms with E-state index in [0.29, 0.717) is 17.9 Å². The maximum atomic E-state index is 12.4. The van der Waals surface area contributed by atoms with Gasteiger partial charge in [0.25, 0.3) is 5.91 Å². The van der Waals surface area contributed by atoms with Gasteiger partial charge in [-0.3, -0.25) is 14.8 Å². The minimum Gasteiger partial charge on any atom is -0.361 e. The van der Waals surface area contributed by atoms with Gasteiger partial charge in [-0.1, -0.05) is 32.0 Å². The Bertz CT molecular complexity index is 738. The molecular formula is C17H21N3O3. The Labute approximate surface area is 134 Å². The molecule has 2 heterocycles. The SMILES string of the molecule is CC(C)C[C@@H]1C(=O)N[C@@H](Cc2c[nH]c3ccccc23)C(=O)N1O. The summed E-state index contributed by atoms with van der Waals surface area (Å²) in [6.07, 6.45) is 2.62. The summed E-state index contributed by atoms with van der Waals surface area (Å²) in [5.41, 5.74) is 1.92. The fraction of sp³-hybridized carbons (Fsp3) is 0.412. The van der Waals surface area contributed by atoms with Crippen molar-refractivity contribution in [3.8, 4) is 0 Å². The first kappa shape index (κ1) is 15.6. The number of amides is 2. The zero-order chi connectivity index (χ0) is 16.6. The summed E-state index contributed by atoms with van der Waals surface area (Å²) < 4.78 is 0. The number of hydroxylamine groups is 2. The van der Waals surface area contributed by atoms with Crippen LogP contribution in [0.3, 0.4) is 0 Å². The van der Waals surface area contributed by atoms with Crippen molar-refractivity contribution in [1.82, 2.24) is 15.4 Å². The number of aromatic nitrogens is 1. The van der Waals surface area contributed by atoms with Gasteiger partial charge >= 0.3 is 0 Å². The molecule has 1 saturated heterocycles. The van der Waals surface area contributed by atoms with Crippen LogP contribution in [0.4, 0.5) is 0 Å². The van der Waals surface area contributed by atoms with Crippen LogP contribution in [-0.2, 0) is 16.0 Å². The summed E-state index contributed by atoms with van der Waals surface area (Å²) >= 11 is 0. The number of hydrogen-bond donors (Lipinski definition) is 3. The zero-order valence-electron chi connectivity index (χ0n) is 13.2. The minimum absolute atomic E-state index is 0.207. The Hall–Kier alpha value is -2.34. The molecule has 122 valence electrons. The topological polar surface area (TPSA) is 85.4 Å². The summed E-state index contributed by atoms with van der Waals surface area (Å²) in [6, 6.07) is 6.24. The number of benzene rings is 1. The highest BCUT2D eigenvalue weighted by atomic mass is 16.5. The van der Waals surface area contributed by atoms with Crippen LogP contribution in [0.5, 0.6) is 0 Å². The van der Waals surface area contributed by atoms with Gasteiger partial charge in [0, 0.05) is 23.5 Å². The maximum absolute atomic E-state index is 12.4. The lowest BCUT2D eigenvalue weighted by Gasteiger charge is -2.35. The predicted molar refractivity (Wildman–Crippen MR) is 85.8 cm³/mol. The Kier molecular flexibility index (Phi) is 4.09. The number of rotatable bonds is 4. The van der Waals surface area contributed by atoms with Crippen molar-refractivity contribution in [2.24, 2.45) is 5.92 Å². The van der Waals surface area contributed by atoms with Crippen LogP contribution in [0, 0.1) is 5.92 Å². The molecule has 0 unspecified atom stereocenters. The number of nitrogens with zero attached hydrogens (tertiary/aromatic N) is 1. The van der Waals surface area contributed by atoms with Gasteiger partial charge in [0.15, 0.2) is 0 Å². The first-order valence-electron chi connectivity index (χ1n) is 7.84. The molecule has 3 rings (SSSR count). The number of hydrogen-bond acceptors (Lipinski definition) is 3. The van der Waals surface area contributed by atoms with Crippen LogP contribution in [0.2, 0.25) is 0 Å². The maximum Gasteiger partial charge on any atom is 0.269 e. The van der Waals surface area contributed by atoms with E-state index in [1.54, 1.807) is 0 Å². The van der Waals surface area contributed by atoms with E-state index in [9.17, 15) is 14.8 Å². The van der Waals surface area contributed by atoms with Crippen LogP contribution in [0.25, 0.3) is 10.9 Å². The highest BCUT2D eigenvalue weighted by Gasteiger charge is 2.40. The van der Waals surface area contributed by atoms with Gasteiger partial charge in [0.1, 0.15) is 12.1 Å². The van der Waals surface area contributed by atoms with E-state index >= 15 is 0 Å². The summed E-state index contributed by atoms with van der Waals surface area (Å²) in [5, 5.41) is 14.5. The molecule has 3 N–H and O–H groups in total. The number of nitrogens with one attached hydrogen (secondary N) is 2. The smallest absolute Gasteiger partial charge is 0.269 e. The summed E-state index contributed by atoms with van der Waals surface area (Å²) in [4.78, 5) is 27.7. The fourth-order valence-electron chi connectivity index (χ4n) is 3.07. The Balaban J connectivity index is 1.79. The average molecular weight is 315 g/mol. The van der Waals surface area contributed by atoms with Gasteiger partial charge in [-0.15, -0.1) is 0 Å². The Morgan fingerprint density at radius 2 is 2.00 bits per heavy atom. The lowest BCUT2D eigenvalue weighted by molar-refractivity contribution is -0.190. The van der Waals surface area contributed by atoms with Crippen molar-refractivity contribution in [3.63, 3.8) is 0 Å². The largest absolute Gasteiger partial charge is 0.361 e. The Morgan fingerprint density at radius 1 is 1.26 bits per heavy atom. The van der Waals surface area contributed by atoms with Crippen molar-refractivity contribution in [2.75, 3.05) is 0 Å². The van der Waals surface area contributed by atoms with Crippen molar-refractivity contribution in [1.29, 1.82) is 0 Å². The number of H-pyrrole nitrogens is 1. The highest BCUT2D eigenvalue weighted by Crippen LogP contribution is 2.22. The number of fused-ring (bicyclic) bond motifs is 1. The van der Waals surface area contributed by atoms with E-state index in [1.807, 2.05) is 44.3 Å². The lowest BCUT2D eigenvalue weighted by atomic mass is 9.97. The monoisotopic (exact) mass is 315 g/mol. The quantitative estimate of drug-likeness (QED) is 0.753. The molecule has 1 fully saturated rings. The molecular weight excluding hydrogens is 294 g/mol. The Morgan fingerprint density at radius 3 is 2.74 bits per heavy atom. The average Bonchev–Trinajstić information content (AvgIpc) is 2.92. The second kappa shape index (κ2) is 6.04. The summed E-state index contributed by atoms with van der Waals surface area (Å²) in [6.45, 7) is 3.90. The van der Waals surface area contributed by atoms with Crippen LogP contribution in [0.1, 0.15) is 25.8 Å². The van der Waals surface area contributed by atoms with Gasteiger partial charge in [0.05, 0.1) is 0 Å².